The second-order valence-corrected chi connectivity index (χ2v) is 7.32. The molecule has 1 aliphatic heterocycles. The molecule has 1 aliphatic rings. The van der Waals surface area contributed by atoms with Gasteiger partial charge in [0.05, 0.1) is 0 Å². The minimum absolute atomic E-state index is 0.302. The molecule has 70 valence electrons. The standard InChI is InChI=1S/C10H19O.Al.2H/c1-10(2,3)8-9-6-4-5-7-11-9;;;/h4-8H2,1-3H3;;;. The molecule has 0 saturated carbocycles. The lowest BCUT2D eigenvalue weighted by Gasteiger charge is -2.39. The smallest absolute Gasteiger partial charge is 0.264 e. The van der Waals surface area contributed by atoms with Crippen molar-refractivity contribution in [3.63, 3.8) is 0 Å². The zero-order valence-electron chi connectivity index (χ0n) is 8.94. The average molecular weight is 184 g/mol. The van der Waals surface area contributed by atoms with Gasteiger partial charge in [-0.1, -0.05) is 20.8 Å². The van der Waals surface area contributed by atoms with Gasteiger partial charge in [0.25, 0.3) is 16.3 Å². The van der Waals surface area contributed by atoms with Gasteiger partial charge in [0.2, 0.25) is 0 Å². The van der Waals surface area contributed by atoms with Crippen LogP contribution in [0.4, 0.5) is 0 Å². The van der Waals surface area contributed by atoms with Crippen LogP contribution in [0.3, 0.4) is 0 Å². The predicted octanol–water partition coefficient (Wildman–Crippen LogP) is 1.95. The number of rotatable bonds is 1. The maximum absolute atomic E-state index is 5.90. The molecular weight excluding hydrogens is 163 g/mol. The number of ether oxygens (including phenoxy) is 1. The number of hydrogen-bond acceptors (Lipinski definition) is 1. The minimum Gasteiger partial charge on any atom is -0.391 e. The van der Waals surface area contributed by atoms with Gasteiger partial charge in [0.1, 0.15) is 0 Å². The highest BCUT2D eigenvalue weighted by Gasteiger charge is 2.31. The molecule has 0 spiro atoms. The van der Waals surface area contributed by atoms with Gasteiger partial charge in [-0.05, 0) is 31.1 Å². The van der Waals surface area contributed by atoms with Crippen molar-refractivity contribution in [1.29, 1.82) is 0 Å². The fraction of sp³-hybridized carbons (Fsp3) is 1.00. The fourth-order valence-electron chi connectivity index (χ4n) is 2.25. The molecule has 0 amide bonds. The summed E-state index contributed by atoms with van der Waals surface area (Å²) in [5.41, 5.74) is 0.430. The molecule has 0 bridgehead atoms. The van der Waals surface area contributed by atoms with Gasteiger partial charge >= 0.3 is 0 Å². The van der Waals surface area contributed by atoms with Crippen molar-refractivity contribution in [3.8, 4) is 0 Å². The van der Waals surface area contributed by atoms with Crippen molar-refractivity contribution in [2.75, 3.05) is 6.61 Å². The van der Waals surface area contributed by atoms with Gasteiger partial charge in [-0.2, -0.15) is 0 Å². The van der Waals surface area contributed by atoms with E-state index in [-0.39, 0.29) is 0 Å². The largest absolute Gasteiger partial charge is 0.391 e. The Morgan fingerprint density at radius 3 is 2.42 bits per heavy atom. The highest BCUT2D eigenvalue weighted by Crippen LogP contribution is 2.33. The predicted molar refractivity (Wildman–Crippen MR) is 55.2 cm³/mol. The van der Waals surface area contributed by atoms with Crippen molar-refractivity contribution in [3.05, 3.63) is 0 Å². The van der Waals surface area contributed by atoms with Gasteiger partial charge in [-0.15, -0.1) is 0 Å². The topological polar surface area (TPSA) is 9.23 Å². The van der Waals surface area contributed by atoms with E-state index in [0.717, 1.165) is 6.61 Å². The summed E-state index contributed by atoms with van der Waals surface area (Å²) < 4.78 is 6.21. The molecule has 0 aromatic heterocycles. The third-order valence-electron chi connectivity index (χ3n) is 2.45. The summed E-state index contributed by atoms with van der Waals surface area (Å²) in [6.07, 6.45) is 5.19. The molecule has 1 saturated heterocycles. The van der Waals surface area contributed by atoms with Crippen LogP contribution >= 0.6 is 0 Å². The zero-order chi connectivity index (χ0) is 9.24. The molecule has 0 aromatic rings. The molecule has 1 fully saturated rings. The first-order chi connectivity index (χ1) is 5.41. The third-order valence-corrected chi connectivity index (χ3v) is 3.60. The zero-order valence-corrected chi connectivity index (χ0v) is 10.9. The summed E-state index contributed by atoms with van der Waals surface area (Å²) in [6, 6.07) is 0. The Hall–Kier alpha value is 0.492. The first-order valence-corrected chi connectivity index (χ1v) is 6.05. The molecule has 1 heterocycles. The molecule has 12 heavy (non-hydrogen) atoms. The van der Waals surface area contributed by atoms with Gasteiger partial charge in [0.15, 0.2) is 0 Å². The van der Waals surface area contributed by atoms with Crippen molar-refractivity contribution in [2.24, 2.45) is 5.41 Å². The van der Waals surface area contributed by atoms with Crippen molar-refractivity contribution in [1.82, 2.24) is 0 Å². The second kappa shape index (κ2) is 3.70. The van der Waals surface area contributed by atoms with Gasteiger partial charge in [-0.3, -0.25) is 0 Å². The Bertz CT molecular complexity index is 142. The second-order valence-electron chi connectivity index (χ2n) is 5.49. The highest BCUT2D eigenvalue weighted by molar-refractivity contribution is 6.14. The summed E-state index contributed by atoms with van der Waals surface area (Å²) in [5, 5.41) is 0. The Kier molecular flexibility index (Phi) is 3.26. The van der Waals surface area contributed by atoms with Crippen LogP contribution in [0.25, 0.3) is 0 Å². The average Bonchev–Trinajstić information content (AvgIpc) is 1.83. The van der Waals surface area contributed by atoms with Crippen LogP contribution in [0, 0.1) is 5.41 Å². The normalized spacial score (nSPS) is 31.9. The highest BCUT2D eigenvalue weighted by atomic mass is 27.0. The van der Waals surface area contributed by atoms with E-state index in [4.69, 9.17) is 4.74 Å². The molecule has 0 aromatic carbocycles. The first-order valence-electron chi connectivity index (χ1n) is 5.05. The molecule has 0 radical (unpaired) electrons. The maximum Gasteiger partial charge on any atom is 0.264 e. The maximum atomic E-state index is 5.90. The van der Waals surface area contributed by atoms with Crippen molar-refractivity contribution < 1.29 is 4.74 Å². The van der Waals surface area contributed by atoms with E-state index in [0.29, 0.717) is 9.88 Å². The van der Waals surface area contributed by atoms with E-state index in [2.05, 4.69) is 20.8 Å². The number of hydrogen-bond donors (Lipinski definition) is 0. The Morgan fingerprint density at radius 2 is 2.00 bits per heavy atom. The van der Waals surface area contributed by atoms with E-state index in [1.165, 1.54) is 42.0 Å². The van der Waals surface area contributed by atoms with Crippen LogP contribution in [0.2, 0.25) is 0 Å². The third kappa shape index (κ3) is 3.48. The SMILES string of the molecule is CC(C)(C)C[C]1([AlH2])CCCCO1. The van der Waals surface area contributed by atoms with Gasteiger partial charge < -0.3 is 4.74 Å². The minimum atomic E-state index is 0.302. The van der Waals surface area contributed by atoms with Crippen LogP contribution in [-0.2, 0) is 4.74 Å². The quantitative estimate of drug-likeness (QED) is 0.566. The Balaban J connectivity index is 2.47. The Labute approximate surface area is 84.3 Å². The summed E-state index contributed by atoms with van der Waals surface area (Å²) in [4.78, 5) is 0. The molecule has 0 aliphatic carbocycles. The van der Waals surface area contributed by atoms with Crippen LogP contribution in [0.5, 0.6) is 0 Å². The van der Waals surface area contributed by atoms with E-state index in [1.54, 1.807) is 0 Å². The fourth-order valence-corrected chi connectivity index (χ4v) is 3.87. The van der Waals surface area contributed by atoms with Crippen LogP contribution in [-0.4, -0.2) is 27.4 Å². The molecule has 0 N–H and O–H groups in total. The lowest BCUT2D eigenvalue weighted by atomic mass is 9.86. The summed E-state index contributed by atoms with van der Waals surface area (Å²) >= 11 is 1.19. The lowest BCUT2D eigenvalue weighted by molar-refractivity contribution is -0.0402. The molecule has 2 heteroatoms. The Morgan fingerprint density at radius 1 is 1.33 bits per heavy atom. The first kappa shape index (κ1) is 10.6. The van der Waals surface area contributed by atoms with E-state index < -0.39 is 0 Å². The lowest BCUT2D eigenvalue weighted by Crippen LogP contribution is -2.40. The monoisotopic (exact) mass is 184 g/mol. The molecule has 1 nitrogen and oxygen atoms in total. The molecule has 1 rings (SSSR count). The summed E-state index contributed by atoms with van der Waals surface area (Å²) in [6.45, 7) is 7.93. The van der Waals surface area contributed by atoms with Crippen molar-refractivity contribution >= 4 is 16.3 Å². The van der Waals surface area contributed by atoms with E-state index in [1.807, 2.05) is 0 Å². The van der Waals surface area contributed by atoms with Crippen LogP contribution in [0.1, 0.15) is 46.5 Å². The van der Waals surface area contributed by atoms with Crippen LogP contribution < -0.4 is 0 Å². The molecule has 1 unspecified atom stereocenters. The molecule has 1 atom stereocenters. The van der Waals surface area contributed by atoms with Crippen molar-refractivity contribution in [2.45, 2.75) is 50.9 Å². The summed E-state index contributed by atoms with van der Waals surface area (Å²) in [5.74, 6) is 0. The van der Waals surface area contributed by atoms with Gasteiger partial charge in [-0.25, -0.2) is 0 Å². The van der Waals surface area contributed by atoms with E-state index in [9.17, 15) is 0 Å². The molecular formula is C10H21AlO. The summed E-state index contributed by atoms with van der Waals surface area (Å²) in [7, 11) is 0. The van der Waals surface area contributed by atoms with E-state index >= 15 is 0 Å². The van der Waals surface area contributed by atoms with Gasteiger partial charge in [0, 0.05) is 11.1 Å². The van der Waals surface area contributed by atoms with Crippen LogP contribution in [0.15, 0.2) is 0 Å².